The van der Waals surface area contributed by atoms with Crippen LogP contribution in [0.2, 0.25) is 0 Å². The minimum Gasteiger partial charge on any atom is -0.389 e. The highest BCUT2D eigenvalue weighted by atomic mass is 16.3. The average Bonchev–Trinajstić information content (AvgIpc) is 2.26. The van der Waals surface area contributed by atoms with Gasteiger partial charge in [0.15, 0.2) is 0 Å². The Bertz CT molecular complexity index is 285. The summed E-state index contributed by atoms with van der Waals surface area (Å²) < 4.78 is 0. The Kier molecular flexibility index (Phi) is 2.68. The smallest absolute Gasteiger partial charge is 0.0727 e. The molecule has 0 amide bonds. The van der Waals surface area contributed by atoms with Crippen molar-refractivity contribution < 1.29 is 10.2 Å². The van der Waals surface area contributed by atoms with Crippen molar-refractivity contribution in [3.8, 4) is 0 Å². The van der Waals surface area contributed by atoms with Crippen molar-refractivity contribution in [3.63, 3.8) is 0 Å². The Labute approximate surface area is 111 Å². The third-order valence-corrected chi connectivity index (χ3v) is 6.74. The fourth-order valence-corrected chi connectivity index (χ4v) is 5.82. The molecule has 0 atom stereocenters. The highest BCUT2D eigenvalue weighted by Crippen LogP contribution is 2.64. The SMILES string of the molecule is CC(C)C1(O)C2CC3CC1CC(C2)C3(O)C(C)C. The predicted octanol–water partition coefficient (Wildman–Crippen LogP) is 2.83. The third-order valence-electron chi connectivity index (χ3n) is 6.74. The molecular weight excluding hydrogens is 224 g/mol. The van der Waals surface area contributed by atoms with Crippen LogP contribution in [0.1, 0.15) is 53.4 Å². The van der Waals surface area contributed by atoms with Crippen LogP contribution in [0.3, 0.4) is 0 Å². The largest absolute Gasteiger partial charge is 0.389 e. The van der Waals surface area contributed by atoms with E-state index in [-0.39, 0.29) is 0 Å². The van der Waals surface area contributed by atoms with Gasteiger partial charge in [-0.25, -0.2) is 0 Å². The van der Waals surface area contributed by atoms with Gasteiger partial charge in [0.1, 0.15) is 0 Å². The predicted molar refractivity (Wildman–Crippen MR) is 72.0 cm³/mol. The Hall–Kier alpha value is -0.0800. The molecule has 0 spiro atoms. The molecule has 2 heteroatoms. The number of hydrogen-bond donors (Lipinski definition) is 2. The summed E-state index contributed by atoms with van der Waals surface area (Å²) in [5.41, 5.74) is -0.906. The van der Waals surface area contributed by atoms with Gasteiger partial charge in [0, 0.05) is 0 Å². The highest BCUT2D eigenvalue weighted by Gasteiger charge is 2.65. The van der Waals surface area contributed by atoms with Crippen LogP contribution < -0.4 is 0 Å². The molecule has 2 nitrogen and oxygen atoms in total. The van der Waals surface area contributed by atoms with Gasteiger partial charge in [-0.2, -0.15) is 0 Å². The van der Waals surface area contributed by atoms with Gasteiger partial charge in [0.25, 0.3) is 0 Å². The van der Waals surface area contributed by atoms with Crippen LogP contribution in [0.5, 0.6) is 0 Å². The first-order valence-corrected chi connectivity index (χ1v) is 7.75. The summed E-state index contributed by atoms with van der Waals surface area (Å²) in [6.07, 6.45) is 4.15. The van der Waals surface area contributed by atoms with Gasteiger partial charge in [-0.3, -0.25) is 0 Å². The molecule has 18 heavy (non-hydrogen) atoms. The molecule has 0 unspecified atom stereocenters. The van der Waals surface area contributed by atoms with E-state index < -0.39 is 11.2 Å². The Morgan fingerprint density at radius 1 is 0.667 bits per heavy atom. The van der Waals surface area contributed by atoms with E-state index in [2.05, 4.69) is 27.7 Å². The lowest BCUT2D eigenvalue weighted by Crippen LogP contribution is -2.69. The third kappa shape index (κ3) is 1.31. The molecule has 2 N–H and O–H groups in total. The molecule has 4 saturated carbocycles. The summed E-state index contributed by atoms with van der Waals surface area (Å²) in [7, 11) is 0. The van der Waals surface area contributed by atoms with Crippen LogP contribution in [0, 0.1) is 35.5 Å². The van der Waals surface area contributed by atoms with Crippen LogP contribution in [-0.2, 0) is 0 Å². The van der Waals surface area contributed by atoms with E-state index in [1.165, 1.54) is 0 Å². The summed E-state index contributed by atoms with van der Waals surface area (Å²) in [4.78, 5) is 0. The lowest BCUT2D eigenvalue weighted by molar-refractivity contribution is -0.270. The molecule has 0 heterocycles. The quantitative estimate of drug-likeness (QED) is 0.793. The first kappa shape index (κ1) is 12.9. The van der Waals surface area contributed by atoms with Crippen molar-refractivity contribution in [2.75, 3.05) is 0 Å². The summed E-state index contributed by atoms with van der Waals surface area (Å²) >= 11 is 0. The molecule has 0 aromatic heterocycles. The maximum absolute atomic E-state index is 11.1. The van der Waals surface area contributed by atoms with Crippen LogP contribution in [0.25, 0.3) is 0 Å². The normalized spacial score (nSPS) is 54.7. The summed E-state index contributed by atoms with van der Waals surface area (Å²) in [5, 5.41) is 22.2. The molecule has 4 aliphatic carbocycles. The van der Waals surface area contributed by atoms with Gasteiger partial charge in [-0.05, 0) is 61.2 Å². The van der Waals surface area contributed by atoms with E-state index in [0.717, 1.165) is 25.7 Å². The van der Waals surface area contributed by atoms with Gasteiger partial charge in [0.05, 0.1) is 11.2 Å². The molecule has 4 fully saturated rings. The van der Waals surface area contributed by atoms with Gasteiger partial charge >= 0.3 is 0 Å². The van der Waals surface area contributed by atoms with E-state index in [9.17, 15) is 10.2 Å². The molecular formula is C16H28O2. The van der Waals surface area contributed by atoms with E-state index in [0.29, 0.717) is 35.5 Å². The lowest BCUT2D eigenvalue weighted by atomic mass is 9.42. The minimum atomic E-state index is -0.453. The van der Waals surface area contributed by atoms with Crippen molar-refractivity contribution in [3.05, 3.63) is 0 Å². The highest BCUT2D eigenvalue weighted by molar-refractivity contribution is 5.16. The number of rotatable bonds is 2. The van der Waals surface area contributed by atoms with Crippen molar-refractivity contribution in [2.24, 2.45) is 35.5 Å². The zero-order chi connectivity index (χ0) is 13.3. The Balaban J connectivity index is 1.94. The molecule has 4 bridgehead atoms. The molecule has 4 aliphatic rings. The minimum absolute atomic E-state index is 0.347. The van der Waals surface area contributed by atoms with Gasteiger partial charge in [-0.15, -0.1) is 0 Å². The molecule has 0 aliphatic heterocycles. The standard InChI is InChI=1S/C16H28O2/c1-9(2)15(17)11-5-13-7-12(15)8-14(6-11)16(13,18)10(3)4/h9-14,17-18H,5-8H2,1-4H3. The average molecular weight is 252 g/mol. The molecule has 104 valence electrons. The topological polar surface area (TPSA) is 40.5 Å². The van der Waals surface area contributed by atoms with Gasteiger partial charge in [0.2, 0.25) is 0 Å². The fourth-order valence-electron chi connectivity index (χ4n) is 5.82. The second-order valence-electron chi connectivity index (χ2n) is 7.81. The molecule has 0 radical (unpaired) electrons. The van der Waals surface area contributed by atoms with E-state index in [4.69, 9.17) is 0 Å². The molecule has 4 rings (SSSR count). The van der Waals surface area contributed by atoms with E-state index in [1.54, 1.807) is 0 Å². The fraction of sp³-hybridized carbons (Fsp3) is 1.00. The molecule has 0 aromatic carbocycles. The van der Waals surface area contributed by atoms with E-state index >= 15 is 0 Å². The first-order valence-electron chi connectivity index (χ1n) is 7.75. The van der Waals surface area contributed by atoms with Crippen LogP contribution in [0.4, 0.5) is 0 Å². The van der Waals surface area contributed by atoms with Crippen molar-refractivity contribution in [1.29, 1.82) is 0 Å². The van der Waals surface area contributed by atoms with Crippen molar-refractivity contribution >= 4 is 0 Å². The summed E-state index contributed by atoms with van der Waals surface area (Å²) in [6, 6.07) is 0. The Morgan fingerprint density at radius 2 is 0.889 bits per heavy atom. The van der Waals surface area contributed by atoms with Gasteiger partial charge < -0.3 is 10.2 Å². The van der Waals surface area contributed by atoms with Crippen LogP contribution in [-0.4, -0.2) is 21.4 Å². The van der Waals surface area contributed by atoms with Crippen LogP contribution >= 0.6 is 0 Å². The van der Waals surface area contributed by atoms with Gasteiger partial charge in [-0.1, -0.05) is 27.7 Å². The lowest BCUT2D eigenvalue weighted by Gasteiger charge is -2.66. The first-order chi connectivity index (χ1) is 8.31. The van der Waals surface area contributed by atoms with Crippen molar-refractivity contribution in [1.82, 2.24) is 0 Å². The number of aliphatic hydroxyl groups is 2. The zero-order valence-corrected chi connectivity index (χ0v) is 12.2. The van der Waals surface area contributed by atoms with E-state index in [1.807, 2.05) is 0 Å². The summed E-state index contributed by atoms with van der Waals surface area (Å²) in [5.74, 6) is 2.41. The second kappa shape index (κ2) is 3.73. The molecule has 0 saturated heterocycles. The van der Waals surface area contributed by atoms with Crippen LogP contribution in [0.15, 0.2) is 0 Å². The Morgan fingerprint density at radius 3 is 1.06 bits per heavy atom. The zero-order valence-electron chi connectivity index (χ0n) is 12.2. The van der Waals surface area contributed by atoms with Crippen molar-refractivity contribution in [2.45, 2.75) is 64.6 Å². The molecule has 0 aromatic rings. The summed E-state index contributed by atoms with van der Waals surface area (Å²) in [6.45, 7) is 8.65. The maximum Gasteiger partial charge on any atom is 0.0727 e. The number of hydrogen-bond acceptors (Lipinski definition) is 2. The second-order valence-corrected chi connectivity index (χ2v) is 7.81. The maximum atomic E-state index is 11.1. The monoisotopic (exact) mass is 252 g/mol.